The number of hydrogen-bond donors (Lipinski definition) is 2. The number of hydrogen-bond acceptors (Lipinski definition) is 4. The summed E-state index contributed by atoms with van der Waals surface area (Å²) in [5.74, 6) is -0.584. The van der Waals surface area contributed by atoms with Gasteiger partial charge in [-0.3, -0.25) is 0 Å². The lowest BCUT2D eigenvalue weighted by Crippen LogP contribution is -2.08. The van der Waals surface area contributed by atoms with E-state index in [4.69, 9.17) is 20.3 Å². The molecule has 0 bridgehead atoms. The largest absolute Gasteiger partial charge is 0.491 e. The Labute approximate surface area is 93.8 Å². The van der Waals surface area contributed by atoms with E-state index in [1.807, 2.05) is 6.92 Å². The van der Waals surface area contributed by atoms with Crippen molar-refractivity contribution in [1.82, 2.24) is 0 Å². The number of aromatic carboxylic acids is 1. The van der Waals surface area contributed by atoms with Crippen LogP contribution in [0.25, 0.3) is 0 Å². The van der Waals surface area contributed by atoms with Crippen LogP contribution in [0, 0.1) is 0 Å². The van der Waals surface area contributed by atoms with Crippen molar-refractivity contribution in [2.45, 2.75) is 6.92 Å². The van der Waals surface area contributed by atoms with Crippen LogP contribution in [0.4, 0.5) is 5.69 Å². The lowest BCUT2D eigenvalue weighted by molar-refractivity contribution is 0.0697. The third-order valence-electron chi connectivity index (χ3n) is 1.96. The van der Waals surface area contributed by atoms with E-state index in [0.29, 0.717) is 25.6 Å². The van der Waals surface area contributed by atoms with E-state index in [-0.39, 0.29) is 11.3 Å². The summed E-state index contributed by atoms with van der Waals surface area (Å²) in [6.07, 6.45) is 0. The number of benzene rings is 1. The topological polar surface area (TPSA) is 81.8 Å². The molecule has 16 heavy (non-hydrogen) atoms. The Hall–Kier alpha value is -1.75. The Morgan fingerprint density at radius 3 is 2.81 bits per heavy atom. The second-order valence-corrected chi connectivity index (χ2v) is 3.10. The second kappa shape index (κ2) is 5.97. The van der Waals surface area contributed by atoms with Crippen molar-refractivity contribution in [2.24, 2.45) is 0 Å². The zero-order valence-electron chi connectivity index (χ0n) is 9.10. The molecule has 3 N–H and O–H groups in total. The van der Waals surface area contributed by atoms with Crippen LogP contribution >= 0.6 is 0 Å². The average molecular weight is 225 g/mol. The van der Waals surface area contributed by atoms with E-state index in [0.717, 1.165) is 0 Å². The zero-order valence-corrected chi connectivity index (χ0v) is 9.10. The molecule has 0 saturated carbocycles. The first kappa shape index (κ1) is 12.3. The van der Waals surface area contributed by atoms with Crippen LogP contribution in [-0.4, -0.2) is 30.9 Å². The highest BCUT2D eigenvalue weighted by Gasteiger charge is 2.08. The summed E-state index contributed by atoms with van der Waals surface area (Å²) < 4.78 is 10.4. The van der Waals surface area contributed by atoms with E-state index >= 15 is 0 Å². The van der Waals surface area contributed by atoms with Crippen molar-refractivity contribution in [1.29, 1.82) is 0 Å². The third kappa shape index (κ3) is 3.43. The van der Waals surface area contributed by atoms with Crippen LogP contribution in [0.1, 0.15) is 17.3 Å². The maximum Gasteiger partial charge on any atom is 0.337 e. The highest BCUT2D eigenvalue weighted by atomic mass is 16.5. The van der Waals surface area contributed by atoms with E-state index in [9.17, 15) is 4.79 Å². The highest BCUT2D eigenvalue weighted by Crippen LogP contribution is 2.19. The first-order valence-corrected chi connectivity index (χ1v) is 4.98. The summed E-state index contributed by atoms with van der Waals surface area (Å²) >= 11 is 0. The molecule has 0 aliphatic heterocycles. The molecule has 0 atom stereocenters. The van der Waals surface area contributed by atoms with Gasteiger partial charge in [0.15, 0.2) is 0 Å². The van der Waals surface area contributed by atoms with Gasteiger partial charge in [0.1, 0.15) is 12.4 Å². The lowest BCUT2D eigenvalue weighted by Gasteiger charge is -2.08. The standard InChI is InChI=1S/C11H15NO4/c1-2-15-5-6-16-8-3-4-10(12)9(7-8)11(13)14/h3-4,7H,2,5-6,12H2,1H3,(H,13,14). The smallest absolute Gasteiger partial charge is 0.337 e. The molecular formula is C11H15NO4. The van der Waals surface area contributed by atoms with Crippen LogP contribution in [0.2, 0.25) is 0 Å². The molecular weight excluding hydrogens is 210 g/mol. The Kier molecular flexibility index (Phi) is 4.60. The molecule has 0 spiro atoms. The molecule has 0 fully saturated rings. The Bertz CT molecular complexity index is 365. The van der Waals surface area contributed by atoms with Crippen LogP contribution in [0.15, 0.2) is 18.2 Å². The summed E-state index contributed by atoms with van der Waals surface area (Å²) in [6, 6.07) is 4.55. The van der Waals surface area contributed by atoms with Crippen LogP contribution in [0.5, 0.6) is 5.75 Å². The van der Waals surface area contributed by atoms with Gasteiger partial charge in [0.2, 0.25) is 0 Å². The molecule has 0 unspecified atom stereocenters. The number of rotatable bonds is 6. The Morgan fingerprint density at radius 1 is 1.44 bits per heavy atom. The van der Waals surface area contributed by atoms with Gasteiger partial charge >= 0.3 is 5.97 Å². The lowest BCUT2D eigenvalue weighted by atomic mass is 10.2. The quantitative estimate of drug-likeness (QED) is 0.564. The molecule has 5 heteroatoms. The van der Waals surface area contributed by atoms with Gasteiger partial charge in [-0.2, -0.15) is 0 Å². The molecule has 1 aromatic carbocycles. The van der Waals surface area contributed by atoms with Crippen LogP contribution < -0.4 is 10.5 Å². The molecule has 0 saturated heterocycles. The molecule has 1 aromatic rings. The van der Waals surface area contributed by atoms with Gasteiger partial charge in [0.25, 0.3) is 0 Å². The van der Waals surface area contributed by atoms with Crippen LogP contribution in [-0.2, 0) is 4.74 Å². The van der Waals surface area contributed by atoms with E-state index < -0.39 is 5.97 Å². The summed E-state index contributed by atoms with van der Waals surface area (Å²) in [7, 11) is 0. The molecule has 1 rings (SSSR count). The Morgan fingerprint density at radius 2 is 2.19 bits per heavy atom. The van der Waals surface area contributed by atoms with Crippen molar-refractivity contribution in [3.63, 3.8) is 0 Å². The van der Waals surface area contributed by atoms with Crippen molar-refractivity contribution < 1.29 is 19.4 Å². The summed E-state index contributed by atoms with van der Waals surface area (Å²) in [6.45, 7) is 3.39. The predicted octanol–water partition coefficient (Wildman–Crippen LogP) is 1.38. The zero-order chi connectivity index (χ0) is 12.0. The van der Waals surface area contributed by atoms with Crippen molar-refractivity contribution in [3.8, 4) is 5.75 Å². The number of carboxylic acids is 1. The minimum absolute atomic E-state index is 0.0499. The minimum Gasteiger partial charge on any atom is -0.491 e. The average Bonchev–Trinajstić information content (AvgIpc) is 2.26. The fourth-order valence-corrected chi connectivity index (χ4v) is 1.17. The molecule has 0 aliphatic carbocycles. The molecule has 0 radical (unpaired) electrons. The number of nitrogens with two attached hydrogens (primary N) is 1. The predicted molar refractivity (Wildman–Crippen MR) is 59.8 cm³/mol. The van der Waals surface area contributed by atoms with Gasteiger partial charge in [-0.05, 0) is 25.1 Å². The molecule has 0 amide bonds. The number of anilines is 1. The normalized spacial score (nSPS) is 10.1. The maximum atomic E-state index is 10.8. The van der Waals surface area contributed by atoms with Crippen molar-refractivity contribution >= 4 is 11.7 Å². The molecule has 5 nitrogen and oxygen atoms in total. The van der Waals surface area contributed by atoms with E-state index in [2.05, 4.69) is 0 Å². The van der Waals surface area contributed by atoms with Gasteiger partial charge in [0, 0.05) is 12.3 Å². The van der Waals surface area contributed by atoms with Crippen LogP contribution in [0.3, 0.4) is 0 Å². The monoisotopic (exact) mass is 225 g/mol. The van der Waals surface area contributed by atoms with E-state index in [1.54, 1.807) is 6.07 Å². The summed E-state index contributed by atoms with van der Waals surface area (Å²) in [5.41, 5.74) is 5.78. The molecule has 0 aliphatic rings. The fraction of sp³-hybridized carbons (Fsp3) is 0.364. The number of ether oxygens (including phenoxy) is 2. The SMILES string of the molecule is CCOCCOc1ccc(N)c(C(=O)O)c1. The minimum atomic E-state index is -1.06. The van der Waals surface area contributed by atoms with E-state index in [1.165, 1.54) is 12.1 Å². The number of carboxylic acid groups (broad SMARTS) is 1. The summed E-state index contributed by atoms with van der Waals surface area (Å²) in [4.78, 5) is 10.8. The molecule has 0 heterocycles. The van der Waals surface area contributed by atoms with Crippen molar-refractivity contribution in [3.05, 3.63) is 23.8 Å². The van der Waals surface area contributed by atoms with Gasteiger partial charge in [-0.1, -0.05) is 0 Å². The summed E-state index contributed by atoms with van der Waals surface area (Å²) in [5, 5.41) is 8.84. The molecule has 0 aromatic heterocycles. The first-order valence-electron chi connectivity index (χ1n) is 4.98. The van der Waals surface area contributed by atoms with Crippen molar-refractivity contribution in [2.75, 3.05) is 25.6 Å². The second-order valence-electron chi connectivity index (χ2n) is 3.10. The first-order chi connectivity index (χ1) is 7.65. The van der Waals surface area contributed by atoms with Gasteiger partial charge in [-0.25, -0.2) is 4.79 Å². The fourth-order valence-electron chi connectivity index (χ4n) is 1.17. The highest BCUT2D eigenvalue weighted by molar-refractivity contribution is 5.94. The van der Waals surface area contributed by atoms with Gasteiger partial charge < -0.3 is 20.3 Å². The van der Waals surface area contributed by atoms with Gasteiger partial charge in [-0.15, -0.1) is 0 Å². The molecule has 88 valence electrons. The number of nitrogen functional groups attached to an aromatic ring is 1. The van der Waals surface area contributed by atoms with Gasteiger partial charge in [0.05, 0.1) is 12.2 Å². The Balaban J connectivity index is 2.61. The maximum absolute atomic E-state index is 10.8. The number of carbonyl (C=O) groups is 1. The third-order valence-corrected chi connectivity index (χ3v) is 1.96.